The summed E-state index contributed by atoms with van der Waals surface area (Å²) in [5, 5.41) is 7.56. The molecule has 2 aliphatic heterocycles. The number of piperidine rings is 1. The van der Waals surface area contributed by atoms with Gasteiger partial charge in [0.25, 0.3) is 11.5 Å². The highest BCUT2D eigenvalue weighted by molar-refractivity contribution is 6.00. The molecule has 2 fully saturated rings. The number of aromatic amines is 1. The van der Waals surface area contributed by atoms with Crippen LogP contribution in [-0.4, -0.2) is 29.0 Å². The van der Waals surface area contributed by atoms with Gasteiger partial charge in [-0.05, 0) is 44.2 Å². The van der Waals surface area contributed by atoms with Crippen molar-refractivity contribution in [1.82, 2.24) is 15.6 Å². The van der Waals surface area contributed by atoms with Gasteiger partial charge in [0.2, 0.25) is 0 Å². The highest BCUT2D eigenvalue weighted by atomic mass is 16.2. The first kappa shape index (κ1) is 14.5. The second kappa shape index (κ2) is 5.49. The molecule has 1 aromatic carbocycles. The standard InChI is InChI=1S/C18H21N3O2/c1-10-14-4-2-3-5-15(14)21-18(23)16(10)17(22)20-13-8-11-6-7-12(9-13)19-11/h2-5,11-13,19H,6-9H2,1H3,(H,20,22)(H,21,23). The van der Waals surface area contributed by atoms with Crippen LogP contribution in [0.2, 0.25) is 0 Å². The minimum atomic E-state index is -0.310. The Morgan fingerprint density at radius 2 is 1.87 bits per heavy atom. The first-order chi connectivity index (χ1) is 11.1. The molecule has 3 N–H and O–H groups in total. The molecule has 5 heteroatoms. The van der Waals surface area contributed by atoms with Crippen molar-refractivity contribution < 1.29 is 4.79 Å². The predicted octanol–water partition coefficient (Wildman–Crippen LogP) is 1.85. The molecule has 2 bridgehead atoms. The summed E-state index contributed by atoms with van der Waals surface area (Å²) in [6.07, 6.45) is 4.28. The van der Waals surface area contributed by atoms with E-state index in [1.807, 2.05) is 31.2 Å². The van der Waals surface area contributed by atoms with Crippen LogP contribution >= 0.6 is 0 Å². The lowest BCUT2D eigenvalue weighted by Gasteiger charge is -2.29. The molecule has 4 rings (SSSR count). The molecular weight excluding hydrogens is 290 g/mol. The summed E-state index contributed by atoms with van der Waals surface area (Å²) in [4.78, 5) is 27.8. The van der Waals surface area contributed by atoms with Crippen LogP contribution in [0.1, 0.15) is 41.6 Å². The number of amides is 1. The number of hydrogen-bond acceptors (Lipinski definition) is 3. The molecule has 23 heavy (non-hydrogen) atoms. The molecule has 5 nitrogen and oxygen atoms in total. The molecule has 2 aromatic rings. The van der Waals surface area contributed by atoms with Gasteiger partial charge in [-0.15, -0.1) is 0 Å². The molecule has 3 heterocycles. The summed E-state index contributed by atoms with van der Waals surface area (Å²) in [6.45, 7) is 1.85. The fourth-order valence-corrected chi connectivity index (χ4v) is 4.11. The largest absolute Gasteiger partial charge is 0.349 e. The zero-order valence-electron chi connectivity index (χ0n) is 13.2. The Morgan fingerprint density at radius 3 is 2.61 bits per heavy atom. The predicted molar refractivity (Wildman–Crippen MR) is 89.7 cm³/mol. The molecular formula is C18H21N3O2. The average molecular weight is 311 g/mol. The van der Waals surface area contributed by atoms with Crippen LogP contribution < -0.4 is 16.2 Å². The third-order valence-corrected chi connectivity index (χ3v) is 5.22. The van der Waals surface area contributed by atoms with E-state index in [2.05, 4.69) is 15.6 Å². The lowest BCUT2D eigenvalue weighted by atomic mass is 9.98. The van der Waals surface area contributed by atoms with Crippen LogP contribution in [0.15, 0.2) is 29.1 Å². The molecule has 0 saturated carbocycles. The summed E-state index contributed by atoms with van der Waals surface area (Å²) in [7, 11) is 0. The minimum absolute atomic E-state index is 0.159. The molecule has 120 valence electrons. The van der Waals surface area contributed by atoms with Crippen molar-refractivity contribution in [3.63, 3.8) is 0 Å². The number of H-pyrrole nitrogens is 1. The number of hydrogen-bond donors (Lipinski definition) is 3. The van der Waals surface area contributed by atoms with Crippen LogP contribution in [0, 0.1) is 6.92 Å². The SMILES string of the molecule is Cc1c(C(=O)NC2CC3CCC(C2)N3)c(=O)[nH]c2ccccc12. The number of aromatic nitrogens is 1. The molecule has 0 radical (unpaired) electrons. The number of nitrogens with one attached hydrogen (secondary N) is 3. The Balaban J connectivity index is 1.63. The summed E-state index contributed by atoms with van der Waals surface area (Å²) >= 11 is 0. The molecule has 0 aliphatic carbocycles. The third-order valence-electron chi connectivity index (χ3n) is 5.22. The summed E-state index contributed by atoms with van der Waals surface area (Å²) in [5.74, 6) is -0.249. The van der Waals surface area contributed by atoms with E-state index in [9.17, 15) is 9.59 Å². The van der Waals surface area contributed by atoms with Crippen molar-refractivity contribution in [1.29, 1.82) is 0 Å². The summed E-state index contributed by atoms with van der Waals surface area (Å²) in [6, 6.07) is 8.76. The monoisotopic (exact) mass is 311 g/mol. The quantitative estimate of drug-likeness (QED) is 0.792. The molecule has 1 aromatic heterocycles. The molecule has 1 amide bonds. The number of para-hydroxylation sites is 1. The van der Waals surface area contributed by atoms with Crippen molar-refractivity contribution in [2.24, 2.45) is 0 Å². The van der Waals surface area contributed by atoms with Crippen LogP contribution in [0.5, 0.6) is 0 Å². The van der Waals surface area contributed by atoms with Crippen molar-refractivity contribution in [2.45, 2.75) is 50.7 Å². The number of aryl methyl sites for hydroxylation is 1. The lowest BCUT2D eigenvalue weighted by Crippen LogP contribution is -2.48. The van der Waals surface area contributed by atoms with Crippen LogP contribution in [0.25, 0.3) is 10.9 Å². The second-order valence-corrected chi connectivity index (χ2v) is 6.78. The number of pyridine rings is 1. The summed E-state index contributed by atoms with van der Waals surface area (Å²) < 4.78 is 0. The van der Waals surface area contributed by atoms with Crippen LogP contribution in [-0.2, 0) is 0 Å². The van der Waals surface area contributed by atoms with Gasteiger partial charge in [0.1, 0.15) is 5.56 Å². The van der Waals surface area contributed by atoms with Crippen molar-refractivity contribution in [3.05, 3.63) is 45.7 Å². The maximum atomic E-state index is 12.7. The number of benzene rings is 1. The molecule has 2 atom stereocenters. The third kappa shape index (κ3) is 2.55. The van der Waals surface area contributed by atoms with Crippen molar-refractivity contribution in [2.75, 3.05) is 0 Å². The van der Waals surface area contributed by atoms with E-state index in [1.54, 1.807) is 0 Å². The van der Waals surface area contributed by atoms with Gasteiger partial charge in [-0.2, -0.15) is 0 Å². The zero-order valence-corrected chi connectivity index (χ0v) is 13.2. The van der Waals surface area contributed by atoms with E-state index in [0.717, 1.165) is 29.3 Å². The van der Waals surface area contributed by atoms with Gasteiger partial charge in [0.05, 0.1) is 0 Å². The fraction of sp³-hybridized carbons (Fsp3) is 0.444. The first-order valence-electron chi connectivity index (χ1n) is 8.30. The van der Waals surface area contributed by atoms with Crippen LogP contribution in [0.3, 0.4) is 0 Å². The van der Waals surface area contributed by atoms with Gasteiger partial charge in [-0.3, -0.25) is 9.59 Å². The number of carbonyl (C=O) groups is 1. The molecule has 2 aliphatic rings. The highest BCUT2D eigenvalue weighted by Gasteiger charge is 2.34. The Morgan fingerprint density at radius 1 is 1.17 bits per heavy atom. The van der Waals surface area contributed by atoms with Gasteiger partial charge in [-0.25, -0.2) is 0 Å². The Kier molecular flexibility index (Phi) is 3.45. The average Bonchev–Trinajstić information content (AvgIpc) is 2.86. The first-order valence-corrected chi connectivity index (χ1v) is 8.30. The van der Waals surface area contributed by atoms with Gasteiger partial charge in [-0.1, -0.05) is 18.2 Å². The number of fused-ring (bicyclic) bond motifs is 3. The Hall–Kier alpha value is -2.14. The minimum Gasteiger partial charge on any atom is -0.349 e. The van der Waals surface area contributed by atoms with Crippen LogP contribution in [0.4, 0.5) is 0 Å². The maximum absolute atomic E-state index is 12.7. The van der Waals surface area contributed by atoms with Crippen molar-refractivity contribution in [3.8, 4) is 0 Å². The normalized spacial score (nSPS) is 26.4. The van der Waals surface area contributed by atoms with E-state index in [1.165, 1.54) is 12.8 Å². The number of rotatable bonds is 2. The van der Waals surface area contributed by atoms with Gasteiger partial charge < -0.3 is 15.6 Å². The smallest absolute Gasteiger partial charge is 0.261 e. The van der Waals surface area contributed by atoms with Gasteiger partial charge in [0, 0.05) is 29.0 Å². The Labute approximate surface area is 134 Å². The second-order valence-electron chi connectivity index (χ2n) is 6.78. The van der Waals surface area contributed by atoms with Gasteiger partial charge in [0.15, 0.2) is 0 Å². The molecule has 2 saturated heterocycles. The highest BCUT2D eigenvalue weighted by Crippen LogP contribution is 2.27. The Bertz CT molecular complexity index is 815. The van der Waals surface area contributed by atoms with E-state index in [-0.39, 0.29) is 23.1 Å². The van der Waals surface area contributed by atoms with Crippen molar-refractivity contribution >= 4 is 16.8 Å². The topological polar surface area (TPSA) is 74.0 Å². The zero-order chi connectivity index (χ0) is 16.0. The van der Waals surface area contributed by atoms with E-state index in [0.29, 0.717) is 12.1 Å². The molecule has 0 spiro atoms. The lowest BCUT2D eigenvalue weighted by molar-refractivity contribution is 0.0922. The van der Waals surface area contributed by atoms with E-state index >= 15 is 0 Å². The van der Waals surface area contributed by atoms with Gasteiger partial charge >= 0.3 is 0 Å². The maximum Gasteiger partial charge on any atom is 0.261 e. The fourth-order valence-electron chi connectivity index (χ4n) is 4.11. The molecule has 2 unspecified atom stereocenters. The number of carbonyl (C=O) groups excluding carboxylic acids is 1. The van der Waals surface area contributed by atoms with E-state index < -0.39 is 0 Å². The van der Waals surface area contributed by atoms with E-state index in [4.69, 9.17) is 0 Å². The summed E-state index contributed by atoms with van der Waals surface area (Å²) in [5.41, 5.74) is 1.45.